The number of pyridine rings is 1. The van der Waals surface area contributed by atoms with Crippen LogP contribution < -0.4 is 5.56 Å². The van der Waals surface area contributed by atoms with Crippen LogP contribution in [0.2, 0.25) is 0 Å². The Labute approximate surface area is 160 Å². The van der Waals surface area contributed by atoms with Crippen LogP contribution in [0.4, 0.5) is 0 Å². The molecule has 2 heterocycles. The summed E-state index contributed by atoms with van der Waals surface area (Å²) in [6.45, 7) is 2.33. The summed E-state index contributed by atoms with van der Waals surface area (Å²) in [6.07, 6.45) is 1.45. The average molecular weight is 421 g/mol. The van der Waals surface area contributed by atoms with E-state index in [1.165, 1.54) is 10.6 Å². The summed E-state index contributed by atoms with van der Waals surface area (Å²) < 4.78 is 13.4. The Kier molecular flexibility index (Phi) is 6.24. The van der Waals surface area contributed by atoms with Crippen LogP contribution in [0, 0.1) is 0 Å². The SMILES string of the molecule is COCCn1cc(C(=O)N2CCOC(c3ccc(Br)cc3)C2)ccc1=O. The van der Waals surface area contributed by atoms with E-state index in [4.69, 9.17) is 9.47 Å². The van der Waals surface area contributed by atoms with E-state index < -0.39 is 0 Å². The van der Waals surface area contributed by atoms with Crippen molar-refractivity contribution >= 4 is 21.8 Å². The maximum Gasteiger partial charge on any atom is 0.255 e. The summed E-state index contributed by atoms with van der Waals surface area (Å²) in [5, 5.41) is 0. The molecule has 0 bridgehead atoms. The minimum Gasteiger partial charge on any atom is -0.383 e. The van der Waals surface area contributed by atoms with Crippen molar-refractivity contribution in [2.24, 2.45) is 0 Å². The van der Waals surface area contributed by atoms with E-state index in [0.29, 0.717) is 38.4 Å². The summed E-state index contributed by atoms with van der Waals surface area (Å²) in [7, 11) is 1.58. The summed E-state index contributed by atoms with van der Waals surface area (Å²) in [4.78, 5) is 26.6. The molecular formula is C19H21BrN2O4. The molecular weight excluding hydrogens is 400 g/mol. The number of nitrogens with zero attached hydrogens (tertiary/aromatic N) is 2. The fourth-order valence-electron chi connectivity index (χ4n) is 2.92. The fraction of sp³-hybridized carbons (Fsp3) is 0.368. The van der Waals surface area contributed by atoms with Gasteiger partial charge in [-0.2, -0.15) is 0 Å². The highest BCUT2D eigenvalue weighted by molar-refractivity contribution is 9.10. The topological polar surface area (TPSA) is 60.8 Å². The van der Waals surface area contributed by atoms with E-state index in [1.54, 1.807) is 24.3 Å². The lowest BCUT2D eigenvalue weighted by Crippen LogP contribution is -2.42. The van der Waals surface area contributed by atoms with Gasteiger partial charge in [0, 0.05) is 36.9 Å². The first-order valence-corrected chi connectivity index (χ1v) is 9.23. The van der Waals surface area contributed by atoms with Gasteiger partial charge in [0.1, 0.15) is 6.10 Å². The minimum absolute atomic E-state index is 0.0958. The van der Waals surface area contributed by atoms with Gasteiger partial charge in [0.25, 0.3) is 11.5 Å². The summed E-state index contributed by atoms with van der Waals surface area (Å²) in [6, 6.07) is 10.9. The highest BCUT2D eigenvalue weighted by Gasteiger charge is 2.26. The smallest absolute Gasteiger partial charge is 0.255 e. The van der Waals surface area contributed by atoms with Gasteiger partial charge in [-0.1, -0.05) is 28.1 Å². The molecule has 7 heteroatoms. The van der Waals surface area contributed by atoms with Crippen LogP contribution in [0.15, 0.2) is 51.9 Å². The standard InChI is InChI=1S/C19H21BrN2O4/c1-25-10-8-21-12-15(4-7-18(21)23)19(24)22-9-11-26-17(13-22)14-2-5-16(20)6-3-14/h2-7,12,17H,8-11,13H2,1H3. The zero-order chi connectivity index (χ0) is 18.5. The van der Waals surface area contributed by atoms with Crippen LogP contribution in [0.3, 0.4) is 0 Å². The third-order valence-electron chi connectivity index (χ3n) is 4.36. The molecule has 1 aromatic heterocycles. The number of amides is 1. The van der Waals surface area contributed by atoms with Gasteiger partial charge in [0.05, 0.1) is 25.3 Å². The third-order valence-corrected chi connectivity index (χ3v) is 4.89. The molecule has 1 unspecified atom stereocenters. The lowest BCUT2D eigenvalue weighted by Gasteiger charge is -2.33. The predicted molar refractivity (Wildman–Crippen MR) is 101 cm³/mol. The molecule has 1 fully saturated rings. The van der Waals surface area contributed by atoms with Crippen LogP contribution in [-0.4, -0.2) is 48.8 Å². The number of halogens is 1. The molecule has 1 aliphatic rings. The Morgan fingerprint density at radius 3 is 2.77 bits per heavy atom. The molecule has 0 radical (unpaired) electrons. The van der Waals surface area contributed by atoms with Gasteiger partial charge in [-0.05, 0) is 23.8 Å². The number of carbonyl (C=O) groups is 1. The average Bonchev–Trinajstić information content (AvgIpc) is 2.67. The van der Waals surface area contributed by atoms with Crippen molar-refractivity contribution in [3.63, 3.8) is 0 Å². The molecule has 6 nitrogen and oxygen atoms in total. The molecule has 138 valence electrons. The maximum absolute atomic E-state index is 12.9. The van der Waals surface area contributed by atoms with Crippen molar-refractivity contribution in [1.29, 1.82) is 0 Å². The van der Waals surface area contributed by atoms with Gasteiger partial charge in [-0.25, -0.2) is 0 Å². The van der Waals surface area contributed by atoms with Crippen LogP contribution in [0.5, 0.6) is 0 Å². The summed E-state index contributed by atoms with van der Waals surface area (Å²) >= 11 is 3.42. The van der Waals surface area contributed by atoms with E-state index in [9.17, 15) is 9.59 Å². The number of morpholine rings is 1. The van der Waals surface area contributed by atoms with Crippen molar-refractivity contribution in [3.8, 4) is 0 Å². The Morgan fingerprint density at radius 2 is 2.04 bits per heavy atom. The first-order valence-electron chi connectivity index (χ1n) is 8.44. The number of rotatable bonds is 5. The molecule has 0 aliphatic carbocycles. The van der Waals surface area contributed by atoms with Crippen LogP contribution in [0.1, 0.15) is 22.0 Å². The van der Waals surface area contributed by atoms with Gasteiger partial charge < -0.3 is 18.9 Å². The van der Waals surface area contributed by atoms with E-state index in [2.05, 4.69) is 15.9 Å². The molecule has 2 aromatic rings. The third kappa shape index (κ3) is 4.41. The molecule has 3 rings (SSSR count). The van der Waals surface area contributed by atoms with Crippen molar-refractivity contribution < 1.29 is 14.3 Å². The lowest BCUT2D eigenvalue weighted by molar-refractivity contribution is -0.0228. The van der Waals surface area contributed by atoms with Gasteiger partial charge in [-0.15, -0.1) is 0 Å². The normalized spacial score (nSPS) is 17.3. The van der Waals surface area contributed by atoms with E-state index in [-0.39, 0.29) is 17.6 Å². The lowest BCUT2D eigenvalue weighted by atomic mass is 10.1. The monoisotopic (exact) mass is 420 g/mol. The second-order valence-electron chi connectivity index (χ2n) is 6.10. The zero-order valence-electron chi connectivity index (χ0n) is 14.6. The molecule has 1 atom stereocenters. The van der Waals surface area contributed by atoms with Crippen LogP contribution in [-0.2, 0) is 16.0 Å². The Hall–Kier alpha value is -1.96. The first-order chi connectivity index (χ1) is 12.6. The number of carbonyl (C=O) groups excluding carboxylic acids is 1. The fourth-order valence-corrected chi connectivity index (χ4v) is 3.18. The van der Waals surface area contributed by atoms with Gasteiger partial charge >= 0.3 is 0 Å². The quantitative estimate of drug-likeness (QED) is 0.745. The molecule has 0 saturated carbocycles. The van der Waals surface area contributed by atoms with Crippen LogP contribution >= 0.6 is 15.9 Å². The molecule has 26 heavy (non-hydrogen) atoms. The van der Waals surface area contributed by atoms with Crippen LogP contribution in [0.25, 0.3) is 0 Å². The first kappa shape index (κ1) is 18.8. The molecule has 1 aromatic carbocycles. The largest absolute Gasteiger partial charge is 0.383 e. The van der Waals surface area contributed by atoms with Gasteiger partial charge in [0.15, 0.2) is 0 Å². The number of ether oxygens (including phenoxy) is 2. The Balaban J connectivity index is 1.74. The highest BCUT2D eigenvalue weighted by atomic mass is 79.9. The second kappa shape index (κ2) is 8.62. The van der Waals surface area contributed by atoms with E-state index >= 15 is 0 Å². The van der Waals surface area contributed by atoms with Crippen molar-refractivity contribution in [3.05, 3.63) is 68.5 Å². The molecule has 0 N–H and O–H groups in total. The molecule has 1 aliphatic heterocycles. The number of benzene rings is 1. The Bertz CT molecular complexity index is 819. The Morgan fingerprint density at radius 1 is 1.27 bits per heavy atom. The van der Waals surface area contributed by atoms with Crippen molar-refractivity contribution in [1.82, 2.24) is 9.47 Å². The van der Waals surface area contributed by atoms with Gasteiger partial charge in [0.2, 0.25) is 0 Å². The number of hydrogen-bond donors (Lipinski definition) is 0. The number of aromatic nitrogens is 1. The number of hydrogen-bond acceptors (Lipinski definition) is 4. The van der Waals surface area contributed by atoms with Crippen molar-refractivity contribution in [2.75, 3.05) is 33.4 Å². The second-order valence-corrected chi connectivity index (χ2v) is 7.02. The van der Waals surface area contributed by atoms with E-state index in [1.807, 2.05) is 24.3 Å². The highest BCUT2D eigenvalue weighted by Crippen LogP contribution is 2.24. The zero-order valence-corrected chi connectivity index (χ0v) is 16.1. The van der Waals surface area contributed by atoms with Crippen molar-refractivity contribution in [2.45, 2.75) is 12.6 Å². The summed E-state index contributed by atoms with van der Waals surface area (Å²) in [5.74, 6) is -0.0958. The van der Waals surface area contributed by atoms with E-state index in [0.717, 1.165) is 10.0 Å². The minimum atomic E-state index is -0.153. The molecule has 1 saturated heterocycles. The summed E-state index contributed by atoms with van der Waals surface area (Å²) in [5.41, 5.74) is 1.39. The van der Waals surface area contributed by atoms with Gasteiger partial charge in [-0.3, -0.25) is 9.59 Å². The molecule has 0 spiro atoms. The predicted octanol–water partition coefficient (Wildman–Crippen LogP) is 2.47. The maximum atomic E-state index is 12.9. The number of methoxy groups -OCH3 is 1. The molecule has 1 amide bonds.